The maximum Gasteiger partial charge on any atom is 0.256 e. The Bertz CT molecular complexity index is 960. The van der Waals surface area contributed by atoms with Crippen LogP contribution >= 0.6 is 0 Å². The van der Waals surface area contributed by atoms with Crippen LogP contribution in [0.25, 0.3) is 11.4 Å². The number of aromatic nitrogens is 4. The van der Waals surface area contributed by atoms with Crippen LogP contribution in [0.2, 0.25) is 0 Å². The molecule has 1 saturated heterocycles. The average Bonchev–Trinajstić information content (AvgIpc) is 3.19. The van der Waals surface area contributed by atoms with Gasteiger partial charge in [-0.3, -0.25) is 4.79 Å². The zero-order valence-electron chi connectivity index (χ0n) is 14.4. The lowest BCUT2D eigenvalue weighted by Gasteiger charge is -2.32. The maximum atomic E-state index is 13.9. The molecule has 4 rings (SSSR count). The van der Waals surface area contributed by atoms with E-state index in [0.717, 1.165) is 30.5 Å². The normalized spacial score (nSPS) is 17.1. The van der Waals surface area contributed by atoms with Crippen LogP contribution in [-0.2, 0) is 0 Å². The van der Waals surface area contributed by atoms with Crippen molar-refractivity contribution >= 4 is 5.91 Å². The van der Waals surface area contributed by atoms with Gasteiger partial charge in [-0.25, -0.2) is 8.78 Å². The Morgan fingerprint density at radius 3 is 2.70 bits per heavy atom. The summed E-state index contributed by atoms with van der Waals surface area (Å²) in [6, 6.07) is 12.3. The number of hydrogen-bond acceptors (Lipinski definition) is 4. The molecule has 1 aliphatic rings. The Morgan fingerprint density at radius 1 is 1.11 bits per heavy atom. The molecular formula is C19H17F2N5O. The highest BCUT2D eigenvalue weighted by atomic mass is 19.1. The SMILES string of the molecule is O=C(c1ccc(F)cc1F)N1CCC[C@H](n2nnc(-c3ccccc3)n2)C1. The van der Waals surface area contributed by atoms with Crippen molar-refractivity contribution in [3.8, 4) is 11.4 Å². The first-order chi connectivity index (χ1) is 13.1. The van der Waals surface area contributed by atoms with E-state index < -0.39 is 17.5 Å². The number of carbonyl (C=O) groups is 1. The molecular weight excluding hydrogens is 352 g/mol. The topological polar surface area (TPSA) is 63.9 Å². The van der Waals surface area contributed by atoms with Gasteiger partial charge in [0.15, 0.2) is 0 Å². The van der Waals surface area contributed by atoms with Crippen LogP contribution < -0.4 is 0 Å². The minimum absolute atomic E-state index is 0.131. The molecule has 1 atom stereocenters. The molecule has 1 fully saturated rings. The van der Waals surface area contributed by atoms with Crippen molar-refractivity contribution in [3.05, 3.63) is 65.7 Å². The summed E-state index contributed by atoms with van der Waals surface area (Å²) >= 11 is 0. The molecule has 1 aromatic heterocycles. The predicted octanol–water partition coefficient (Wildman–Crippen LogP) is 3.10. The molecule has 3 aromatic rings. The smallest absolute Gasteiger partial charge is 0.256 e. The van der Waals surface area contributed by atoms with Gasteiger partial charge in [0.05, 0.1) is 11.6 Å². The van der Waals surface area contributed by atoms with Crippen molar-refractivity contribution in [2.45, 2.75) is 18.9 Å². The minimum Gasteiger partial charge on any atom is -0.336 e. The van der Waals surface area contributed by atoms with Gasteiger partial charge in [0.25, 0.3) is 5.91 Å². The molecule has 27 heavy (non-hydrogen) atoms. The number of likely N-dealkylation sites (tertiary alicyclic amines) is 1. The highest BCUT2D eigenvalue weighted by molar-refractivity contribution is 5.94. The Balaban J connectivity index is 1.51. The fourth-order valence-electron chi connectivity index (χ4n) is 3.24. The number of halogens is 2. The molecule has 0 unspecified atom stereocenters. The van der Waals surface area contributed by atoms with E-state index in [1.54, 1.807) is 4.90 Å². The summed E-state index contributed by atoms with van der Waals surface area (Å²) in [4.78, 5) is 15.7. The highest BCUT2D eigenvalue weighted by Gasteiger charge is 2.28. The number of carbonyl (C=O) groups excluding carboxylic acids is 1. The summed E-state index contributed by atoms with van der Waals surface area (Å²) < 4.78 is 27.0. The molecule has 6 nitrogen and oxygen atoms in total. The van der Waals surface area contributed by atoms with E-state index in [4.69, 9.17) is 0 Å². The number of nitrogens with zero attached hydrogens (tertiary/aromatic N) is 5. The lowest BCUT2D eigenvalue weighted by Crippen LogP contribution is -2.41. The number of hydrogen-bond donors (Lipinski definition) is 0. The van der Waals surface area contributed by atoms with Gasteiger partial charge in [0, 0.05) is 24.7 Å². The summed E-state index contributed by atoms with van der Waals surface area (Å²) in [6.45, 7) is 0.854. The summed E-state index contributed by atoms with van der Waals surface area (Å²) in [5, 5.41) is 12.6. The molecule has 0 bridgehead atoms. The lowest BCUT2D eigenvalue weighted by atomic mass is 10.0. The zero-order valence-corrected chi connectivity index (χ0v) is 14.4. The summed E-state index contributed by atoms with van der Waals surface area (Å²) in [5.74, 6) is -1.50. The van der Waals surface area contributed by atoms with Crippen LogP contribution in [0.1, 0.15) is 29.2 Å². The number of piperidine rings is 1. The minimum atomic E-state index is -0.854. The van der Waals surface area contributed by atoms with Gasteiger partial charge in [-0.15, -0.1) is 10.2 Å². The van der Waals surface area contributed by atoms with Crippen molar-refractivity contribution in [1.82, 2.24) is 25.1 Å². The van der Waals surface area contributed by atoms with E-state index >= 15 is 0 Å². The molecule has 0 N–H and O–H groups in total. The Labute approximate surface area is 154 Å². The van der Waals surface area contributed by atoms with Gasteiger partial charge in [-0.05, 0) is 30.2 Å². The van der Waals surface area contributed by atoms with Crippen LogP contribution in [0.4, 0.5) is 8.78 Å². The van der Waals surface area contributed by atoms with Crippen LogP contribution in [0.15, 0.2) is 48.5 Å². The molecule has 2 aromatic carbocycles. The quantitative estimate of drug-likeness (QED) is 0.712. The summed E-state index contributed by atoms with van der Waals surface area (Å²) in [5.41, 5.74) is 0.731. The second-order valence-electron chi connectivity index (χ2n) is 6.47. The van der Waals surface area contributed by atoms with E-state index in [1.165, 1.54) is 10.9 Å². The van der Waals surface area contributed by atoms with E-state index in [2.05, 4.69) is 15.4 Å². The number of tetrazole rings is 1. The Morgan fingerprint density at radius 2 is 1.93 bits per heavy atom. The van der Waals surface area contributed by atoms with E-state index in [9.17, 15) is 13.6 Å². The monoisotopic (exact) mass is 369 g/mol. The first-order valence-corrected chi connectivity index (χ1v) is 8.71. The van der Waals surface area contributed by atoms with Gasteiger partial charge in [-0.2, -0.15) is 4.80 Å². The van der Waals surface area contributed by atoms with E-state index in [1.807, 2.05) is 30.3 Å². The number of benzene rings is 2. The molecule has 2 heterocycles. The van der Waals surface area contributed by atoms with Gasteiger partial charge < -0.3 is 4.90 Å². The molecule has 0 aliphatic carbocycles. The van der Waals surface area contributed by atoms with Gasteiger partial charge in [-0.1, -0.05) is 30.3 Å². The van der Waals surface area contributed by atoms with E-state index in [0.29, 0.717) is 18.9 Å². The van der Waals surface area contributed by atoms with Crippen LogP contribution in [0.5, 0.6) is 0 Å². The molecule has 8 heteroatoms. The third-order valence-electron chi connectivity index (χ3n) is 4.63. The largest absolute Gasteiger partial charge is 0.336 e. The van der Waals surface area contributed by atoms with E-state index in [-0.39, 0.29) is 11.6 Å². The lowest BCUT2D eigenvalue weighted by molar-refractivity contribution is 0.0658. The molecule has 1 amide bonds. The van der Waals surface area contributed by atoms with Crippen molar-refractivity contribution in [2.24, 2.45) is 0 Å². The van der Waals surface area contributed by atoms with Crippen LogP contribution in [0.3, 0.4) is 0 Å². The predicted molar refractivity (Wildman–Crippen MR) is 93.8 cm³/mol. The third kappa shape index (κ3) is 3.55. The first kappa shape index (κ1) is 17.3. The van der Waals surface area contributed by atoms with Crippen molar-refractivity contribution in [2.75, 3.05) is 13.1 Å². The third-order valence-corrected chi connectivity index (χ3v) is 4.63. The Kier molecular flexibility index (Phi) is 4.62. The molecule has 0 radical (unpaired) electrons. The molecule has 0 saturated carbocycles. The Hall–Kier alpha value is -3.16. The zero-order chi connectivity index (χ0) is 18.8. The summed E-state index contributed by atoms with van der Waals surface area (Å²) in [6.07, 6.45) is 1.53. The van der Waals surface area contributed by atoms with Crippen molar-refractivity contribution in [3.63, 3.8) is 0 Å². The fraction of sp³-hybridized carbons (Fsp3) is 0.263. The second kappa shape index (κ2) is 7.22. The fourth-order valence-corrected chi connectivity index (χ4v) is 3.24. The van der Waals surface area contributed by atoms with Gasteiger partial charge >= 0.3 is 0 Å². The molecule has 138 valence electrons. The van der Waals surface area contributed by atoms with Crippen molar-refractivity contribution in [1.29, 1.82) is 0 Å². The van der Waals surface area contributed by atoms with Crippen molar-refractivity contribution < 1.29 is 13.6 Å². The second-order valence-corrected chi connectivity index (χ2v) is 6.47. The average molecular weight is 369 g/mol. The molecule has 1 aliphatic heterocycles. The summed E-state index contributed by atoms with van der Waals surface area (Å²) in [7, 11) is 0. The maximum absolute atomic E-state index is 13.9. The van der Waals surface area contributed by atoms with Gasteiger partial charge in [0.2, 0.25) is 5.82 Å². The number of amides is 1. The van der Waals surface area contributed by atoms with Gasteiger partial charge in [0.1, 0.15) is 11.6 Å². The first-order valence-electron chi connectivity index (χ1n) is 8.71. The highest BCUT2D eigenvalue weighted by Crippen LogP contribution is 2.23. The van der Waals surface area contributed by atoms with Crippen LogP contribution in [-0.4, -0.2) is 44.1 Å². The van der Waals surface area contributed by atoms with Crippen LogP contribution in [0, 0.1) is 11.6 Å². The standard InChI is InChI=1S/C19H17F2N5O/c20-14-8-9-16(17(21)11-14)19(27)25-10-4-7-15(12-25)26-23-18(22-24-26)13-5-2-1-3-6-13/h1-3,5-6,8-9,11,15H,4,7,10,12H2/t15-/m0/s1. The molecule has 0 spiro atoms. The number of rotatable bonds is 3.